The van der Waals surface area contributed by atoms with Crippen molar-refractivity contribution in [1.29, 1.82) is 0 Å². The zero-order valence-electron chi connectivity index (χ0n) is 17.4. The van der Waals surface area contributed by atoms with Crippen LogP contribution in [-0.4, -0.2) is 56.9 Å². The Morgan fingerprint density at radius 2 is 1.63 bits per heavy atom. The quantitative estimate of drug-likeness (QED) is 0.461. The summed E-state index contributed by atoms with van der Waals surface area (Å²) in [6.45, 7) is -0.206. The van der Waals surface area contributed by atoms with Gasteiger partial charge in [-0.05, 0) is 17.7 Å². The second-order valence-electron chi connectivity index (χ2n) is 6.26. The molecule has 0 aliphatic rings. The Bertz CT molecular complexity index is 834. The number of nitrogens with one attached hydrogen (secondary N) is 1. The van der Waals surface area contributed by atoms with Crippen LogP contribution in [0.2, 0.25) is 0 Å². The van der Waals surface area contributed by atoms with Crippen LogP contribution in [0.3, 0.4) is 0 Å². The summed E-state index contributed by atoms with van der Waals surface area (Å²) < 4.78 is 21.3. The average Bonchev–Trinajstić information content (AvgIpc) is 2.76. The van der Waals surface area contributed by atoms with Gasteiger partial charge in [0.25, 0.3) is 0 Å². The molecule has 164 valence electrons. The molecule has 1 unspecified atom stereocenters. The van der Waals surface area contributed by atoms with E-state index < -0.39 is 12.1 Å². The zero-order valence-corrected chi connectivity index (χ0v) is 18.2. The number of carboxylic acid groups (broad SMARTS) is 1. The number of aliphatic hydroxyl groups excluding tert-OH is 1. The average molecular weight is 438 g/mol. The Morgan fingerprint density at radius 1 is 1.00 bits per heavy atom. The first kappa shape index (κ1) is 23.5. The van der Waals surface area contributed by atoms with E-state index in [1.54, 1.807) is 25.3 Å². The van der Waals surface area contributed by atoms with Gasteiger partial charge in [0.2, 0.25) is 0 Å². The highest BCUT2D eigenvalue weighted by molar-refractivity contribution is 7.98. The van der Waals surface area contributed by atoms with Crippen molar-refractivity contribution in [3.8, 4) is 23.0 Å². The fourth-order valence-electron chi connectivity index (χ4n) is 2.89. The fraction of sp³-hybridized carbons (Fsp3) is 0.381. The molecule has 0 saturated heterocycles. The second-order valence-corrected chi connectivity index (χ2v) is 7.29. The zero-order chi connectivity index (χ0) is 22.1. The molecule has 0 heterocycles. The number of carboxylic acids is 1. The first-order chi connectivity index (χ1) is 14.4. The third kappa shape index (κ3) is 6.11. The molecule has 0 saturated carbocycles. The lowest BCUT2D eigenvalue weighted by atomic mass is 10.1. The topological polar surface area (TPSA) is 106 Å². The van der Waals surface area contributed by atoms with Gasteiger partial charge < -0.3 is 34.5 Å². The van der Waals surface area contributed by atoms with E-state index in [-0.39, 0.29) is 6.54 Å². The number of methoxy groups -OCH3 is 4. The summed E-state index contributed by atoms with van der Waals surface area (Å²) in [7, 11) is 6.14. The smallest absolute Gasteiger partial charge is 0.322 e. The molecule has 2 rings (SSSR count). The molecule has 2 aromatic carbocycles. The third-order valence-corrected chi connectivity index (χ3v) is 5.41. The van der Waals surface area contributed by atoms with Crippen molar-refractivity contribution in [3.05, 3.63) is 41.5 Å². The van der Waals surface area contributed by atoms with Gasteiger partial charge in [0.05, 0.1) is 45.8 Å². The van der Waals surface area contributed by atoms with E-state index in [0.29, 0.717) is 45.8 Å². The van der Waals surface area contributed by atoms with Crippen molar-refractivity contribution in [2.75, 3.05) is 46.1 Å². The van der Waals surface area contributed by atoms with Crippen LogP contribution in [0.4, 0.5) is 5.69 Å². The number of rotatable bonds is 12. The molecule has 0 bridgehead atoms. The molecule has 2 aromatic rings. The minimum absolute atomic E-state index is 0.206. The van der Waals surface area contributed by atoms with Crippen molar-refractivity contribution in [1.82, 2.24) is 0 Å². The Balaban J connectivity index is 2.08. The molecule has 0 fully saturated rings. The van der Waals surface area contributed by atoms with Gasteiger partial charge >= 0.3 is 5.97 Å². The van der Waals surface area contributed by atoms with Gasteiger partial charge in [0, 0.05) is 23.6 Å². The van der Waals surface area contributed by atoms with E-state index in [1.807, 2.05) is 12.1 Å². The van der Waals surface area contributed by atoms with E-state index in [4.69, 9.17) is 24.1 Å². The van der Waals surface area contributed by atoms with Gasteiger partial charge in [0.1, 0.15) is 29.5 Å². The molecule has 0 aromatic heterocycles. The number of benzene rings is 2. The lowest BCUT2D eigenvalue weighted by molar-refractivity contribution is -0.134. The number of hydrogen-bond donors (Lipinski definition) is 3. The first-order valence-corrected chi connectivity index (χ1v) is 10.3. The summed E-state index contributed by atoms with van der Waals surface area (Å²) in [5, 5.41) is 22.5. The van der Waals surface area contributed by atoms with Gasteiger partial charge in [-0.15, -0.1) is 0 Å². The van der Waals surface area contributed by atoms with Crippen molar-refractivity contribution in [2.45, 2.75) is 11.9 Å². The number of carbonyl (C=O) groups is 1. The summed E-state index contributed by atoms with van der Waals surface area (Å²) in [6.07, 6.45) is -0.811. The molecule has 1 atom stereocenters. The number of anilines is 1. The van der Waals surface area contributed by atoms with E-state index in [2.05, 4.69) is 5.32 Å². The lowest BCUT2D eigenvalue weighted by Gasteiger charge is -2.19. The van der Waals surface area contributed by atoms with Crippen LogP contribution in [0, 0.1) is 0 Å². The van der Waals surface area contributed by atoms with Crippen LogP contribution < -0.4 is 24.3 Å². The predicted molar refractivity (Wildman–Crippen MR) is 116 cm³/mol. The van der Waals surface area contributed by atoms with Gasteiger partial charge in [-0.1, -0.05) is 6.07 Å². The Hall–Kier alpha value is -2.78. The van der Waals surface area contributed by atoms with E-state index in [1.165, 1.54) is 33.1 Å². The number of aliphatic carboxylic acids is 1. The van der Waals surface area contributed by atoms with Crippen molar-refractivity contribution in [3.63, 3.8) is 0 Å². The van der Waals surface area contributed by atoms with Gasteiger partial charge in [0.15, 0.2) is 0 Å². The molecule has 30 heavy (non-hydrogen) atoms. The van der Waals surface area contributed by atoms with Gasteiger partial charge in [-0.25, -0.2) is 0 Å². The summed E-state index contributed by atoms with van der Waals surface area (Å²) in [6, 6.07) is 8.94. The molecular weight excluding hydrogens is 410 g/mol. The summed E-state index contributed by atoms with van der Waals surface area (Å²) in [4.78, 5) is 10.8. The van der Waals surface area contributed by atoms with Crippen molar-refractivity contribution < 1.29 is 34.0 Å². The Kier molecular flexibility index (Phi) is 8.94. The molecule has 0 radical (unpaired) electrons. The molecule has 0 spiro atoms. The highest BCUT2D eigenvalue weighted by Crippen LogP contribution is 2.39. The molecule has 0 aliphatic carbocycles. The maximum absolute atomic E-state index is 10.8. The first-order valence-electron chi connectivity index (χ1n) is 9.11. The van der Waals surface area contributed by atoms with Crippen LogP contribution in [0.25, 0.3) is 0 Å². The lowest BCUT2D eigenvalue weighted by Crippen LogP contribution is -2.13. The minimum Gasteiger partial charge on any atom is -0.496 e. The summed E-state index contributed by atoms with van der Waals surface area (Å²) in [5.74, 6) is 2.19. The van der Waals surface area contributed by atoms with Crippen LogP contribution >= 0.6 is 11.8 Å². The Morgan fingerprint density at radius 3 is 2.17 bits per heavy atom. The maximum Gasteiger partial charge on any atom is 0.322 e. The molecule has 0 amide bonds. The number of thioether (sulfide) groups is 1. The normalized spacial score (nSPS) is 11.5. The fourth-order valence-corrected chi connectivity index (χ4v) is 3.81. The Labute approximate surface area is 180 Å². The molecule has 3 N–H and O–H groups in total. The van der Waals surface area contributed by atoms with Crippen LogP contribution in [0.15, 0.2) is 30.3 Å². The summed E-state index contributed by atoms with van der Waals surface area (Å²) in [5.41, 5.74) is 2.14. The molecule has 9 heteroatoms. The van der Waals surface area contributed by atoms with E-state index in [9.17, 15) is 9.90 Å². The monoisotopic (exact) mass is 437 g/mol. The number of ether oxygens (including phenoxy) is 4. The highest BCUT2D eigenvalue weighted by Gasteiger charge is 2.21. The van der Waals surface area contributed by atoms with Gasteiger partial charge in [-0.3, -0.25) is 4.79 Å². The third-order valence-electron chi connectivity index (χ3n) is 4.32. The van der Waals surface area contributed by atoms with Crippen molar-refractivity contribution in [2.24, 2.45) is 0 Å². The van der Waals surface area contributed by atoms with Crippen LogP contribution in [0.5, 0.6) is 23.0 Å². The maximum atomic E-state index is 10.8. The molecule has 0 aliphatic heterocycles. The number of hydrogen-bond acceptors (Lipinski definition) is 8. The van der Waals surface area contributed by atoms with Crippen LogP contribution in [-0.2, 0) is 10.5 Å². The molecular formula is C21H27NO7S. The predicted octanol–water partition coefficient (Wildman–Crippen LogP) is 3.18. The second kappa shape index (κ2) is 11.4. The standard InChI is InChI=1S/C21H27NO7S/c1-26-14-8-18(28-3)21(19(9-14)29-4)16(23)12-30-11-13-5-6-17(27-2)15(7-13)22-10-20(24)25/h5-9,16,22-23H,10-12H2,1-4H3,(H,24,25). The van der Waals surface area contributed by atoms with Crippen molar-refractivity contribution >= 4 is 23.4 Å². The molecule has 8 nitrogen and oxygen atoms in total. The van der Waals surface area contributed by atoms with E-state index >= 15 is 0 Å². The largest absolute Gasteiger partial charge is 0.496 e. The van der Waals surface area contributed by atoms with Gasteiger partial charge in [-0.2, -0.15) is 11.8 Å². The van der Waals surface area contributed by atoms with E-state index in [0.717, 1.165) is 5.56 Å². The minimum atomic E-state index is -0.956. The van der Waals surface area contributed by atoms with Crippen LogP contribution in [0.1, 0.15) is 17.2 Å². The summed E-state index contributed by atoms with van der Waals surface area (Å²) >= 11 is 1.53. The highest BCUT2D eigenvalue weighted by atomic mass is 32.2. The SMILES string of the molecule is COc1cc(OC)c(C(O)CSCc2ccc(OC)c(NCC(=O)O)c2)c(OC)c1. The number of aliphatic hydroxyl groups is 1.